The first-order chi connectivity index (χ1) is 7.81. The highest BCUT2D eigenvalue weighted by Crippen LogP contribution is 2.26. The molecule has 0 saturated carbocycles. The third-order valence-corrected chi connectivity index (χ3v) is 3.04. The van der Waals surface area contributed by atoms with Crippen molar-refractivity contribution in [1.82, 2.24) is 0 Å². The maximum Gasteiger partial charge on any atom is 0.107 e. The van der Waals surface area contributed by atoms with Crippen LogP contribution in [0.15, 0.2) is 59.1 Å². The molecule has 0 aromatic heterocycles. The fourth-order valence-corrected chi connectivity index (χ4v) is 1.99. The van der Waals surface area contributed by atoms with Crippen LogP contribution in [0.4, 0.5) is 0 Å². The fraction of sp³-hybridized carbons (Fsp3) is 0.143. The van der Waals surface area contributed by atoms with Crippen LogP contribution in [0.1, 0.15) is 17.2 Å². The van der Waals surface area contributed by atoms with Crippen molar-refractivity contribution in [2.45, 2.75) is 6.10 Å². The smallest absolute Gasteiger partial charge is 0.107 e. The summed E-state index contributed by atoms with van der Waals surface area (Å²) in [5.41, 5.74) is 2.34. The molecule has 2 rings (SSSR count). The van der Waals surface area contributed by atoms with E-state index in [0.29, 0.717) is 0 Å². The molecular formula is C14H13BrO. The predicted molar refractivity (Wildman–Crippen MR) is 69.4 cm³/mol. The van der Waals surface area contributed by atoms with Crippen molar-refractivity contribution in [2.24, 2.45) is 0 Å². The summed E-state index contributed by atoms with van der Waals surface area (Å²) in [6.45, 7) is 0. The average Bonchev–Trinajstić information content (AvgIpc) is 2.34. The van der Waals surface area contributed by atoms with E-state index < -0.39 is 0 Å². The zero-order chi connectivity index (χ0) is 11.4. The van der Waals surface area contributed by atoms with Crippen molar-refractivity contribution < 1.29 is 4.74 Å². The summed E-state index contributed by atoms with van der Waals surface area (Å²) in [5, 5.41) is 0. The number of methoxy groups -OCH3 is 1. The Hall–Kier alpha value is -1.12. The first-order valence-electron chi connectivity index (χ1n) is 5.14. The molecule has 0 saturated heterocycles. The topological polar surface area (TPSA) is 9.23 Å². The molecular weight excluding hydrogens is 264 g/mol. The Kier molecular flexibility index (Phi) is 3.75. The van der Waals surface area contributed by atoms with Gasteiger partial charge in [0, 0.05) is 11.6 Å². The molecule has 1 unspecified atom stereocenters. The van der Waals surface area contributed by atoms with Gasteiger partial charge >= 0.3 is 0 Å². The average molecular weight is 277 g/mol. The third kappa shape index (κ3) is 2.52. The Balaban J connectivity index is 2.33. The van der Waals surface area contributed by atoms with Gasteiger partial charge in [0.15, 0.2) is 0 Å². The zero-order valence-corrected chi connectivity index (χ0v) is 10.6. The minimum absolute atomic E-state index is 0.00861. The van der Waals surface area contributed by atoms with Gasteiger partial charge < -0.3 is 4.74 Å². The van der Waals surface area contributed by atoms with E-state index >= 15 is 0 Å². The second-order valence-electron chi connectivity index (χ2n) is 3.58. The summed E-state index contributed by atoms with van der Waals surface area (Å²) >= 11 is 3.43. The minimum atomic E-state index is 0.00861. The number of hydrogen-bond donors (Lipinski definition) is 0. The Labute approximate surface area is 104 Å². The molecule has 1 nitrogen and oxygen atoms in total. The maximum atomic E-state index is 5.55. The lowest BCUT2D eigenvalue weighted by molar-refractivity contribution is 0.136. The quantitative estimate of drug-likeness (QED) is 0.817. The Morgan fingerprint density at radius 1 is 0.875 bits per heavy atom. The summed E-state index contributed by atoms with van der Waals surface area (Å²) in [5.74, 6) is 0. The molecule has 2 aromatic carbocycles. The summed E-state index contributed by atoms with van der Waals surface area (Å²) in [6, 6.07) is 18.4. The van der Waals surface area contributed by atoms with Gasteiger partial charge in [-0.3, -0.25) is 0 Å². The number of rotatable bonds is 3. The molecule has 16 heavy (non-hydrogen) atoms. The lowest BCUT2D eigenvalue weighted by Gasteiger charge is -2.16. The van der Waals surface area contributed by atoms with E-state index in [0.717, 1.165) is 10.0 Å². The Morgan fingerprint density at radius 2 is 1.44 bits per heavy atom. The van der Waals surface area contributed by atoms with E-state index in [9.17, 15) is 0 Å². The van der Waals surface area contributed by atoms with Gasteiger partial charge in [-0.1, -0.05) is 58.4 Å². The second-order valence-corrected chi connectivity index (χ2v) is 4.49. The van der Waals surface area contributed by atoms with Crippen LogP contribution in [0.3, 0.4) is 0 Å². The van der Waals surface area contributed by atoms with E-state index in [1.807, 2.05) is 30.3 Å². The zero-order valence-electron chi connectivity index (χ0n) is 9.06. The number of hydrogen-bond acceptors (Lipinski definition) is 1. The molecule has 0 amide bonds. The van der Waals surface area contributed by atoms with E-state index in [-0.39, 0.29) is 6.10 Å². The van der Waals surface area contributed by atoms with Gasteiger partial charge in [0.25, 0.3) is 0 Å². The normalized spacial score (nSPS) is 12.4. The molecule has 0 aliphatic rings. The van der Waals surface area contributed by atoms with Crippen LogP contribution in [-0.2, 0) is 4.74 Å². The van der Waals surface area contributed by atoms with Gasteiger partial charge in [0.1, 0.15) is 6.10 Å². The van der Waals surface area contributed by atoms with Crippen molar-refractivity contribution in [2.75, 3.05) is 7.11 Å². The molecule has 0 aliphatic heterocycles. The first kappa shape index (κ1) is 11.4. The van der Waals surface area contributed by atoms with Crippen LogP contribution in [0.25, 0.3) is 0 Å². The molecule has 0 heterocycles. The first-order valence-corrected chi connectivity index (χ1v) is 5.94. The standard InChI is InChI=1S/C14H13BrO/c1-16-14(11-5-3-2-4-6-11)12-7-9-13(15)10-8-12/h2-10,14H,1H3. The van der Waals surface area contributed by atoms with E-state index in [1.54, 1.807) is 7.11 Å². The monoisotopic (exact) mass is 276 g/mol. The molecule has 0 aliphatic carbocycles. The van der Waals surface area contributed by atoms with Crippen molar-refractivity contribution in [3.05, 3.63) is 70.2 Å². The van der Waals surface area contributed by atoms with Crippen LogP contribution in [0, 0.1) is 0 Å². The van der Waals surface area contributed by atoms with Crippen LogP contribution in [0.5, 0.6) is 0 Å². The third-order valence-electron chi connectivity index (χ3n) is 2.51. The lowest BCUT2D eigenvalue weighted by Crippen LogP contribution is -2.02. The molecule has 2 heteroatoms. The van der Waals surface area contributed by atoms with Crippen LogP contribution >= 0.6 is 15.9 Å². The molecule has 0 spiro atoms. The molecule has 2 aromatic rings. The molecule has 1 atom stereocenters. The maximum absolute atomic E-state index is 5.55. The van der Waals surface area contributed by atoms with E-state index in [1.165, 1.54) is 5.56 Å². The number of ether oxygens (including phenoxy) is 1. The van der Waals surface area contributed by atoms with Gasteiger partial charge in [0.2, 0.25) is 0 Å². The molecule has 0 fully saturated rings. The predicted octanol–water partition coefficient (Wildman–Crippen LogP) is 4.18. The molecule has 0 N–H and O–H groups in total. The van der Waals surface area contributed by atoms with Crippen LogP contribution in [0.2, 0.25) is 0 Å². The van der Waals surface area contributed by atoms with Crippen molar-refractivity contribution in [3.63, 3.8) is 0 Å². The van der Waals surface area contributed by atoms with E-state index in [4.69, 9.17) is 4.74 Å². The summed E-state index contributed by atoms with van der Waals surface area (Å²) in [7, 11) is 1.74. The Morgan fingerprint density at radius 3 is 2.00 bits per heavy atom. The van der Waals surface area contributed by atoms with Gasteiger partial charge in [-0.2, -0.15) is 0 Å². The van der Waals surface area contributed by atoms with Gasteiger partial charge in [-0.25, -0.2) is 0 Å². The largest absolute Gasteiger partial charge is 0.372 e. The highest BCUT2D eigenvalue weighted by Gasteiger charge is 2.11. The van der Waals surface area contributed by atoms with Gasteiger partial charge in [-0.05, 0) is 23.3 Å². The molecule has 82 valence electrons. The van der Waals surface area contributed by atoms with Crippen LogP contribution in [-0.4, -0.2) is 7.11 Å². The second kappa shape index (κ2) is 5.28. The molecule has 0 bridgehead atoms. The fourth-order valence-electron chi connectivity index (χ4n) is 1.73. The lowest BCUT2D eigenvalue weighted by atomic mass is 10.0. The Bertz CT molecular complexity index is 436. The van der Waals surface area contributed by atoms with Gasteiger partial charge in [0.05, 0.1) is 0 Å². The van der Waals surface area contributed by atoms with E-state index in [2.05, 4.69) is 40.2 Å². The van der Waals surface area contributed by atoms with Crippen molar-refractivity contribution >= 4 is 15.9 Å². The SMILES string of the molecule is COC(c1ccccc1)c1ccc(Br)cc1. The molecule has 0 radical (unpaired) electrons. The summed E-state index contributed by atoms with van der Waals surface area (Å²) < 4.78 is 6.63. The summed E-state index contributed by atoms with van der Waals surface area (Å²) in [6.07, 6.45) is 0.00861. The van der Waals surface area contributed by atoms with Crippen molar-refractivity contribution in [1.29, 1.82) is 0 Å². The highest BCUT2D eigenvalue weighted by molar-refractivity contribution is 9.10. The van der Waals surface area contributed by atoms with Crippen LogP contribution < -0.4 is 0 Å². The number of halogens is 1. The highest BCUT2D eigenvalue weighted by atomic mass is 79.9. The number of benzene rings is 2. The summed E-state index contributed by atoms with van der Waals surface area (Å²) in [4.78, 5) is 0. The minimum Gasteiger partial charge on any atom is -0.372 e. The van der Waals surface area contributed by atoms with Crippen molar-refractivity contribution in [3.8, 4) is 0 Å². The van der Waals surface area contributed by atoms with Gasteiger partial charge in [-0.15, -0.1) is 0 Å².